The number of anilines is 3. The third kappa shape index (κ3) is 3.90. The van der Waals surface area contributed by atoms with Crippen LogP contribution in [0.15, 0.2) is 156 Å². The van der Waals surface area contributed by atoms with Crippen molar-refractivity contribution in [2.45, 2.75) is 0 Å². The van der Waals surface area contributed by atoms with Gasteiger partial charge in [-0.3, -0.25) is 0 Å². The summed E-state index contributed by atoms with van der Waals surface area (Å²) in [6.45, 7) is 0. The molecule has 3 heteroatoms. The Morgan fingerprint density at radius 1 is 0.512 bits per heavy atom. The largest absolute Gasteiger partial charge is 0.455 e. The maximum Gasteiger partial charge on any atom is 0.143 e. The molecular weight excluding hydrogens is 500 g/mol. The summed E-state index contributed by atoms with van der Waals surface area (Å²) in [5.41, 5.74) is 9.57. The monoisotopic (exact) mass is 526 g/mol. The van der Waals surface area contributed by atoms with Crippen molar-refractivity contribution in [3.05, 3.63) is 152 Å². The van der Waals surface area contributed by atoms with Crippen LogP contribution in [0.5, 0.6) is 0 Å². The number of furan rings is 1. The predicted octanol–water partition coefficient (Wildman–Crippen LogP) is 10.9. The Morgan fingerprint density at radius 3 is 1.90 bits per heavy atom. The van der Waals surface area contributed by atoms with Gasteiger partial charge in [-0.1, -0.05) is 84.9 Å². The number of hydrogen-bond donors (Lipinski definition) is 1. The van der Waals surface area contributed by atoms with Crippen LogP contribution < -0.4 is 4.90 Å². The van der Waals surface area contributed by atoms with E-state index in [0.29, 0.717) is 0 Å². The maximum atomic E-state index is 6.68. The van der Waals surface area contributed by atoms with Gasteiger partial charge < -0.3 is 14.3 Å². The Balaban J connectivity index is 1.34. The number of aromatic amines is 1. The van der Waals surface area contributed by atoms with Gasteiger partial charge in [0.2, 0.25) is 0 Å². The van der Waals surface area contributed by atoms with E-state index in [9.17, 15) is 0 Å². The number of hydrogen-bond acceptors (Lipinski definition) is 2. The molecule has 0 aliphatic heterocycles. The molecule has 0 spiro atoms. The lowest BCUT2D eigenvalue weighted by molar-refractivity contribution is 0.670. The Bertz CT molecular complexity index is 2090. The van der Waals surface area contributed by atoms with Crippen LogP contribution in [-0.2, 0) is 0 Å². The predicted molar refractivity (Wildman–Crippen MR) is 171 cm³/mol. The summed E-state index contributed by atoms with van der Waals surface area (Å²) >= 11 is 0. The number of fused-ring (bicyclic) bond motifs is 5. The number of nitrogens with zero attached hydrogens (tertiary/aromatic N) is 1. The number of aromatic nitrogens is 1. The first-order valence-electron chi connectivity index (χ1n) is 13.9. The van der Waals surface area contributed by atoms with Crippen molar-refractivity contribution in [3.8, 4) is 22.4 Å². The van der Waals surface area contributed by atoms with Crippen LogP contribution in [0.1, 0.15) is 0 Å². The zero-order valence-corrected chi connectivity index (χ0v) is 22.3. The average molecular weight is 527 g/mol. The number of para-hydroxylation sites is 2. The lowest BCUT2D eigenvalue weighted by Gasteiger charge is -2.25. The minimum Gasteiger partial charge on any atom is -0.455 e. The van der Waals surface area contributed by atoms with Gasteiger partial charge in [0.15, 0.2) is 0 Å². The van der Waals surface area contributed by atoms with Gasteiger partial charge in [-0.05, 0) is 77.0 Å². The highest BCUT2D eigenvalue weighted by atomic mass is 16.3. The first-order valence-corrected chi connectivity index (χ1v) is 13.9. The third-order valence-electron chi connectivity index (χ3n) is 7.84. The molecule has 8 rings (SSSR count). The average Bonchev–Trinajstić information content (AvgIpc) is 3.71. The number of benzene rings is 6. The van der Waals surface area contributed by atoms with Gasteiger partial charge in [-0.25, -0.2) is 0 Å². The molecule has 0 aliphatic carbocycles. The molecular formula is C38H26N2O. The van der Waals surface area contributed by atoms with Gasteiger partial charge in [0.05, 0.1) is 0 Å². The molecule has 2 aromatic heterocycles. The topological polar surface area (TPSA) is 32.2 Å². The van der Waals surface area contributed by atoms with Gasteiger partial charge in [-0.2, -0.15) is 0 Å². The van der Waals surface area contributed by atoms with E-state index in [-0.39, 0.29) is 0 Å². The lowest BCUT2D eigenvalue weighted by atomic mass is 9.94. The van der Waals surface area contributed by atoms with E-state index in [1.165, 1.54) is 10.8 Å². The summed E-state index contributed by atoms with van der Waals surface area (Å²) in [5.74, 6) is 0. The van der Waals surface area contributed by atoms with Crippen molar-refractivity contribution in [1.29, 1.82) is 0 Å². The van der Waals surface area contributed by atoms with Crippen molar-refractivity contribution in [3.63, 3.8) is 0 Å². The summed E-state index contributed by atoms with van der Waals surface area (Å²) in [6, 6.07) is 51.1. The molecule has 0 saturated heterocycles. The first-order chi connectivity index (χ1) is 20.3. The van der Waals surface area contributed by atoms with Crippen molar-refractivity contribution >= 4 is 49.8 Å². The van der Waals surface area contributed by atoms with Crippen molar-refractivity contribution < 1.29 is 4.42 Å². The Morgan fingerprint density at radius 2 is 1.20 bits per heavy atom. The van der Waals surface area contributed by atoms with Crippen molar-refractivity contribution in [2.75, 3.05) is 4.90 Å². The molecule has 41 heavy (non-hydrogen) atoms. The van der Waals surface area contributed by atoms with Gasteiger partial charge >= 0.3 is 0 Å². The van der Waals surface area contributed by atoms with Gasteiger partial charge in [0.25, 0.3) is 0 Å². The summed E-state index contributed by atoms with van der Waals surface area (Å²) in [6.07, 6.45) is 1.97. The highest BCUT2D eigenvalue weighted by molar-refractivity contribution is 6.25. The third-order valence-corrected chi connectivity index (χ3v) is 7.84. The van der Waals surface area contributed by atoms with E-state index in [0.717, 1.165) is 61.4 Å². The van der Waals surface area contributed by atoms with E-state index in [1.807, 2.05) is 12.3 Å². The molecule has 194 valence electrons. The van der Waals surface area contributed by atoms with E-state index in [1.54, 1.807) is 0 Å². The van der Waals surface area contributed by atoms with E-state index in [2.05, 4.69) is 149 Å². The molecule has 0 fully saturated rings. The van der Waals surface area contributed by atoms with Crippen molar-refractivity contribution in [2.24, 2.45) is 0 Å². The second-order valence-corrected chi connectivity index (χ2v) is 10.3. The number of H-pyrrole nitrogens is 1. The van der Waals surface area contributed by atoms with Crippen molar-refractivity contribution in [1.82, 2.24) is 4.98 Å². The van der Waals surface area contributed by atoms with Crippen LogP contribution in [-0.4, -0.2) is 4.98 Å². The maximum absolute atomic E-state index is 6.68. The van der Waals surface area contributed by atoms with Crippen LogP contribution in [0.3, 0.4) is 0 Å². The Labute approximate surface area is 237 Å². The van der Waals surface area contributed by atoms with Gasteiger partial charge in [0, 0.05) is 50.9 Å². The zero-order chi connectivity index (χ0) is 27.2. The Hall–Kier alpha value is -5.54. The molecule has 8 aromatic rings. The molecule has 3 nitrogen and oxygen atoms in total. The Kier molecular flexibility index (Phi) is 5.46. The van der Waals surface area contributed by atoms with Crippen LogP contribution in [0.25, 0.3) is 55.1 Å². The van der Waals surface area contributed by atoms with Crippen LogP contribution >= 0.6 is 0 Å². The molecule has 2 heterocycles. The molecule has 0 unspecified atom stereocenters. The second kappa shape index (κ2) is 9.58. The van der Waals surface area contributed by atoms with E-state index < -0.39 is 0 Å². The fourth-order valence-corrected chi connectivity index (χ4v) is 5.99. The van der Waals surface area contributed by atoms with E-state index in [4.69, 9.17) is 4.42 Å². The SMILES string of the molecule is c1ccc(N(c2ccccc2)c2ccc(-c3cc4ccccc4c4c3oc3cccc(-c5ccc[nH]5)c34)cc2)cc1. The summed E-state index contributed by atoms with van der Waals surface area (Å²) in [5, 5.41) is 4.68. The summed E-state index contributed by atoms with van der Waals surface area (Å²) in [7, 11) is 0. The zero-order valence-electron chi connectivity index (χ0n) is 22.3. The smallest absolute Gasteiger partial charge is 0.143 e. The minimum absolute atomic E-state index is 0.889. The van der Waals surface area contributed by atoms with Crippen LogP contribution in [0.4, 0.5) is 17.1 Å². The van der Waals surface area contributed by atoms with Crippen LogP contribution in [0.2, 0.25) is 0 Å². The first kappa shape index (κ1) is 23.4. The van der Waals surface area contributed by atoms with Gasteiger partial charge in [-0.15, -0.1) is 0 Å². The number of nitrogens with one attached hydrogen (secondary N) is 1. The summed E-state index contributed by atoms with van der Waals surface area (Å²) in [4.78, 5) is 5.67. The second-order valence-electron chi connectivity index (χ2n) is 10.3. The molecule has 0 radical (unpaired) electrons. The van der Waals surface area contributed by atoms with Crippen LogP contribution in [0, 0.1) is 0 Å². The molecule has 1 N–H and O–H groups in total. The molecule has 0 bridgehead atoms. The standard InChI is InChI=1S/C38H26N2O/c1-3-12-28(13-4-1)40(29-14-5-2-6-15-29)30-22-20-26(21-23-30)33-25-27-11-7-8-16-31(27)37-36-32(34-18-10-24-39-34)17-9-19-35(36)41-38(33)37/h1-25,39H. The highest BCUT2D eigenvalue weighted by Gasteiger charge is 2.20. The fraction of sp³-hybridized carbons (Fsp3) is 0. The van der Waals surface area contributed by atoms with E-state index >= 15 is 0 Å². The molecule has 0 aliphatic rings. The molecule has 6 aromatic carbocycles. The highest BCUT2D eigenvalue weighted by Crippen LogP contribution is 2.44. The molecule has 0 saturated carbocycles. The minimum atomic E-state index is 0.889. The molecule has 0 atom stereocenters. The van der Waals surface area contributed by atoms with Gasteiger partial charge in [0.1, 0.15) is 11.2 Å². The summed E-state index contributed by atoms with van der Waals surface area (Å²) < 4.78 is 6.68. The lowest BCUT2D eigenvalue weighted by Crippen LogP contribution is -2.09. The number of rotatable bonds is 5. The normalized spacial score (nSPS) is 11.4. The fourth-order valence-electron chi connectivity index (χ4n) is 5.99. The quantitative estimate of drug-likeness (QED) is 0.242. The molecule has 0 amide bonds.